The van der Waals surface area contributed by atoms with Crippen molar-refractivity contribution in [2.75, 3.05) is 6.61 Å². The molecule has 1 heterocycles. The Kier molecular flexibility index (Phi) is 5.94. The van der Waals surface area contributed by atoms with Gasteiger partial charge < -0.3 is 14.3 Å². The van der Waals surface area contributed by atoms with Crippen LogP contribution in [0.15, 0.2) is 52.0 Å². The minimum Gasteiger partial charge on any atom is -0.480 e. The lowest BCUT2D eigenvalue weighted by molar-refractivity contribution is -0.138. The predicted octanol–water partition coefficient (Wildman–Crippen LogP) is 1.43. The second kappa shape index (κ2) is 7.95. The molecule has 0 radical (unpaired) electrons. The lowest BCUT2D eigenvalue weighted by Gasteiger charge is -2.13. The fourth-order valence-corrected chi connectivity index (χ4v) is 3.17. The van der Waals surface area contributed by atoms with Crippen LogP contribution in [0.5, 0.6) is 0 Å². The van der Waals surface area contributed by atoms with Gasteiger partial charge in [0, 0.05) is 0 Å². The Balaban J connectivity index is 2.17. The summed E-state index contributed by atoms with van der Waals surface area (Å²) < 4.78 is 36.4. The smallest absolute Gasteiger partial charge is 0.374 e. The van der Waals surface area contributed by atoms with Gasteiger partial charge in [-0.1, -0.05) is 30.3 Å². The molecule has 0 unspecified atom stereocenters. The number of sulfonamides is 1. The van der Waals surface area contributed by atoms with Crippen molar-refractivity contribution in [1.82, 2.24) is 4.72 Å². The molecule has 25 heavy (non-hydrogen) atoms. The minimum absolute atomic E-state index is 0.0408. The molecule has 9 heteroatoms. The number of aliphatic carboxylic acids is 1. The molecule has 0 saturated carbocycles. The first-order valence-corrected chi connectivity index (χ1v) is 8.88. The van der Waals surface area contributed by atoms with Crippen molar-refractivity contribution >= 4 is 22.0 Å². The van der Waals surface area contributed by atoms with Crippen LogP contribution in [0.25, 0.3) is 0 Å². The Morgan fingerprint density at radius 2 is 1.88 bits per heavy atom. The van der Waals surface area contributed by atoms with Gasteiger partial charge in [-0.2, -0.15) is 4.72 Å². The molecule has 8 nitrogen and oxygen atoms in total. The van der Waals surface area contributed by atoms with Gasteiger partial charge in [0.25, 0.3) is 10.0 Å². The number of hydrogen-bond acceptors (Lipinski definition) is 6. The molecule has 0 bridgehead atoms. The number of furan rings is 1. The third kappa shape index (κ3) is 4.91. The average molecular weight is 367 g/mol. The van der Waals surface area contributed by atoms with Gasteiger partial charge in [0.05, 0.1) is 6.61 Å². The van der Waals surface area contributed by atoms with Crippen LogP contribution < -0.4 is 4.72 Å². The third-order valence-corrected chi connectivity index (χ3v) is 4.54. The molecule has 0 fully saturated rings. The quantitative estimate of drug-likeness (QED) is 0.677. The molecule has 134 valence electrons. The standard InChI is InChI=1S/C16H17NO7S/c1-2-23-16(20)13-8-9-14(24-13)25(21,22)17-12(15(18)19)10-11-6-4-3-5-7-11/h3-9,12,17H,2,10H2,1H3,(H,18,19)/t12-/m1/s1. The van der Waals surface area contributed by atoms with Crippen molar-refractivity contribution in [3.05, 3.63) is 53.8 Å². The number of rotatable bonds is 8. The van der Waals surface area contributed by atoms with Crippen LogP contribution >= 0.6 is 0 Å². The summed E-state index contributed by atoms with van der Waals surface area (Å²) in [5.41, 5.74) is 0.657. The van der Waals surface area contributed by atoms with Crippen LogP contribution in [0.2, 0.25) is 0 Å². The summed E-state index contributed by atoms with van der Waals surface area (Å²) in [6.45, 7) is 1.71. The highest BCUT2D eigenvalue weighted by molar-refractivity contribution is 7.89. The number of carbonyl (C=O) groups excluding carboxylic acids is 1. The predicted molar refractivity (Wildman–Crippen MR) is 86.6 cm³/mol. The van der Waals surface area contributed by atoms with Crippen LogP contribution in [0.4, 0.5) is 0 Å². The van der Waals surface area contributed by atoms with Gasteiger partial charge >= 0.3 is 11.9 Å². The summed E-state index contributed by atoms with van der Waals surface area (Å²) in [5.74, 6) is -2.41. The van der Waals surface area contributed by atoms with Crippen molar-refractivity contribution in [1.29, 1.82) is 0 Å². The second-order valence-electron chi connectivity index (χ2n) is 5.04. The van der Waals surface area contributed by atoms with Crippen molar-refractivity contribution in [3.8, 4) is 0 Å². The van der Waals surface area contributed by atoms with E-state index in [1.165, 1.54) is 0 Å². The lowest BCUT2D eigenvalue weighted by atomic mass is 10.1. The number of esters is 1. The fourth-order valence-electron chi connectivity index (χ4n) is 2.05. The molecule has 0 spiro atoms. The highest BCUT2D eigenvalue weighted by Gasteiger charge is 2.28. The Morgan fingerprint density at radius 1 is 1.20 bits per heavy atom. The zero-order valence-electron chi connectivity index (χ0n) is 13.3. The third-order valence-electron chi connectivity index (χ3n) is 3.20. The maximum Gasteiger partial charge on any atom is 0.374 e. The van der Waals surface area contributed by atoms with Gasteiger partial charge in [-0.05, 0) is 31.0 Å². The molecular weight excluding hydrogens is 350 g/mol. The van der Waals surface area contributed by atoms with Gasteiger partial charge in [-0.3, -0.25) is 4.79 Å². The molecule has 0 aliphatic rings. The molecule has 0 amide bonds. The number of ether oxygens (including phenoxy) is 1. The van der Waals surface area contributed by atoms with E-state index in [1.54, 1.807) is 37.3 Å². The first-order chi connectivity index (χ1) is 11.8. The molecule has 0 saturated heterocycles. The van der Waals surface area contributed by atoms with E-state index in [9.17, 15) is 23.1 Å². The Morgan fingerprint density at radius 3 is 2.48 bits per heavy atom. The Bertz CT molecular complexity index is 842. The van der Waals surface area contributed by atoms with Crippen molar-refractivity contribution in [2.45, 2.75) is 24.5 Å². The first kappa shape index (κ1) is 18.7. The van der Waals surface area contributed by atoms with Crippen LogP contribution in [-0.2, 0) is 26.0 Å². The second-order valence-corrected chi connectivity index (χ2v) is 6.69. The van der Waals surface area contributed by atoms with Crippen LogP contribution in [0.1, 0.15) is 23.0 Å². The van der Waals surface area contributed by atoms with Gasteiger partial charge in [-0.15, -0.1) is 0 Å². The lowest BCUT2D eigenvalue weighted by Crippen LogP contribution is -2.42. The highest BCUT2D eigenvalue weighted by atomic mass is 32.2. The number of carboxylic acid groups (broad SMARTS) is 1. The van der Waals surface area contributed by atoms with E-state index in [2.05, 4.69) is 4.72 Å². The number of carboxylic acids is 1. The Hall–Kier alpha value is -2.65. The molecule has 1 atom stereocenters. The molecule has 0 aliphatic carbocycles. The zero-order chi connectivity index (χ0) is 18.4. The van der Waals surface area contributed by atoms with Crippen LogP contribution in [0, 0.1) is 0 Å². The Labute approximate surface area is 144 Å². The molecule has 2 aromatic rings. The maximum absolute atomic E-state index is 12.3. The summed E-state index contributed by atoms with van der Waals surface area (Å²) >= 11 is 0. The summed E-state index contributed by atoms with van der Waals surface area (Å²) in [5, 5.41) is 8.72. The number of benzene rings is 1. The molecule has 2 rings (SSSR count). The van der Waals surface area contributed by atoms with Gasteiger partial charge in [0.15, 0.2) is 0 Å². The van der Waals surface area contributed by atoms with Crippen molar-refractivity contribution in [3.63, 3.8) is 0 Å². The normalized spacial score (nSPS) is 12.5. The molecule has 1 aromatic heterocycles. The van der Waals surface area contributed by atoms with Gasteiger partial charge in [-0.25, -0.2) is 13.2 Å². The molecule has 0 aliphatic heterocycles. The fraction of sp³-hybridized carbons (Fsp3) is 0.250. The SMILES string of the molecule is CCOC(=O)c1ccc(S(=O)(=O)N[C@H](Cc2ccccc2)C(=O)O)o1. The monoisotopic (exact) mass is 367 g/mol. The largest absolute Gasteiger partial charge is 0.480 e. The van der Waals surface area contributed by atoms with E-state index < -0.39 is 33.1 Å². The maximum atomic E-state index is 12.3. The van der Waals surface area contributed by atoms with E-state index in [4.69, 9.17) is 9.15 Å². The average Bonchev–Trinajstić information content (AvgIpc) is 3.06. The van der Waals surface area contributed by atoms with Crippen LogP contribution in [-0.4, -0.2) is 38.1 Å². The summed E-state index contributed by atoms with van der Waals surface area (Å²) in [4.78, 5) is 22.9. The van der Waals surface area contributed by atoms with E-state index in [-0.39, 0.29) is 18.8 Å². The molecular formula is C16H17NO7S. The summed E-state index contributed by atoms with van der Waals surface area (Å²) in [6, 6.07) is 9.43. The number of carbonyl (C=O) groups is 2. The van der Waals surface area contributed by atoms with Gasteiger partial charge in [0.1, 0.15) is 6.04 Å². The van der Waals surface area contributed by atoms with E-state index >= 15 is 0 Å². The minimum atomic E-state index is -4.26. The highest BCUT2D eigenvalue weighted by Crippen LogP contribution is 2.16. The van der Waals surface area contributed by atoms with E-state index in [1.807, 2.05) is 0 Å². The first-order valence-electron chi connectivity index (χ1n) is 7.39. The number of hydrogen-bond donors (Lipinski definition) is 2. The van der Waals surface area contributed by atoms with Crippen LogP contribution in [0.3, 0.4) is 0 Å². The van der Waals surface area contributed by atoms with Crippen molar-refractivity contribution in [2.24, 2.45) is 0 Å². The number of nitrogens with one attached hydrogen (secondary N) is 1. The van der Waals surface area contributed by atoms with E-state index in [0.29, 0.717) is 5.56 Å². The van der Waals surface area contributed by atoms with Crippen molar-refractivity contribution < 1.29 is 32.3 Å². The zero-order valence-corrected chi connectivity index (χ0v) is 14.2. The topological polar surface area (TPSA) is 123 Å². The molecule has 2 N–H and O–H groups in total. The molecule has 1 aromatic carbocycles. The summed E-state index contributed by atoms with van der Waals surface area (Å²) in [7, 11) is -4.26. The van der Waals surface area contributed by atoms with Gasteiger partial charge in [0.2, 0.25) is 10.9 Å². The van der Waals surface area contributed by atoms with E-state index in [0.717, 1.165) is 12.1 Å². The summed E-state index contributed by atoms with van der Waals surface area (Å²) in [6.07, 6.45) is -0.0408.